The lowest BCUT2D eigenvalue weighted by Crippen LogP contribution is -2.29. The quantitative estimate of drug-likeness (QED) is 0.789. The zero-order valence-corrected chi connectivity index (χ0v) is 11.9. The molecule has 5 nitrogen and oxygen atoms in total. The van der Waals surface area contributed by atoms with Crippen LogP contribution in [0.5, 0.6) is 0 Å². The van der Waals surface area contributed by atoms with Gasteiger partial charge in [0.1, 0.15) is 5.69 Å². The van der Waals surface area contributed by atoms with Gasteiger partial charge in [0.05, 0.1) is 5.69 Å². The summed E-state index contributed by atoms with van der Waals surface area (Å²) in [5, 5.41) is 7.08. The van der Waals surface area contributed by atoms with Crippen molar-refractivity contribution in [2.75, 3.05) is 11.4 Å². The molecule has 0 unspecified atom stereocenters. The van der Waals surface area contributed by atoms with Crippen molar-refractivity contribution in [3.63, 3.8) is 0 Å². The Morgan fingerprint density at radius 1 is 1.14 bits per heavy atom. The number of nitrogens with zero attached hydrogens (tertiary/aromatic N) is 3. The molecule has 0 spiro atoms. The molecule has 0 saturated carbocycles. The molecule has 0 aliphatic carbocycles. The number of rotatable bonds is 2. The number of benzene rings is 1. The van der Waals surface area contributed by atoms with Gasteiger partial charge >= 0.3 is 0 Å². The van der Waals surface area contributed by atoms with Gasteiger partial charge in [-0.25, -0.2) is 0 Å². The highest BCUT2D eigenvalue weighted by Gasteiger charge is 2.26. The average Bonchev–Trinajstić information content (AvgIpc) is 3.22. The summed E-state index contributed by atoms with van der Waals surface area (Å²) >= 11 is 0. The normalized spacial score (nSPS) is 13.2. The van der Waals surface area contributed by atoms with E-state index in [9.17, 15) is 4.79 Å². The Labute approximate surface area is 127 Å². The van der Waals surface area contributed by atoms with Crippen LogP contribution in [0.2, 0.25) is 0 Å². The number of fused-ring (bicyclic) bond motifs is 1. The maximum atomic E-state index is 12.7. The summed E-state index contributed by atoms with van der Waals surface area (Å²) in [5.41, 5.74) is 4.39. The monoisotopic (exact) mass is 290 g/mol. The van der Waals surface area contributed by atoms with Crippen molar-refractivity contribution in [3.05, 3.63) is 66.1 Å². The van der Waals surface area contributed by atoms with Crippen molar-refractivity contribution in [1.29, 1.82) is 0 Å². The van der Waals surface area contributed by atoms with Crippen molar-refractivity contribution < 1.29 is 4.79 Å². The number of pyridine rings is 1. The zero-order chi connectivity index (χ0) is 14.9. The number of amides is 1. The fourth-order valence-electron chi connectivity index (χ4n) is 2.80. The van der Waals surface area contributed by atoms with Crippen molar-refractivity contribution in [3.8, 4) is 11.3 Å². The first-order valence-corrected chi connectivity index (χ1v) is 7.18. The molecule has 3 aromatic rings. The summed E-state index contributed by atoms with van der Waals surface area (Å²) < 4.78 is 0. The Hall–Kier alpha value is -2.95. The number of aromatic amines is 1. The highest BCUT2D eigenvalue weighted by Crippen LogP contribution is 2.29. The molecule has 5 heteroatoms. The number of para-hydroxylation sites is 1. The van der Waals surface area contributed by atoms with Gasteiger partial charge < -0.3 is 4.90 Å². The first kappa shape index (κ1) is 12.8. The van der Waals surface area contributed by atoms with Crippen LogP contribution in [0.4, 0.5) is 5.69 Å². The molecule has 4 rings (SSSR count). The fraction of sp³-hybridized carbons (Fsp3) is 0.118. The van der Waals surface area contributed by atoms with Gasteiger partial charge in [0.2, 0.25) is 0 Å². The molecule has 3 heterocycles. The summed E-state index contributed by atoms with van der Waals surface area (Å²) in [6.45, 7) is 0.710. The van der Waals surface area contributed by atoms with Gasteiger partial charge in [-0.3, -0.25) is 14.9 Å². The standard InChI is InChI=1S/C17H14N4O/c22-17(21-10-7-13-3-1-2-4-16(13)21)15-11-14(19-20-15)12-5-8-18-9-6-12/h1-6,8-9,11H,7,10H2,(H,19,20). The van der Waals surface area contributed by atoms with Gasteiger partial charge in [-0.15, -0.1) is 0 Å². The molecule has 22 heavy (non-hydrogen) atoms. The molecule has 0 bridgehead atoms. The van der Waals surface area contributed by atoms with Crippen molar-refractivity contribution in [1.82, 2.24) is 15.2 Å². The third kappa shape index (κ3) is 2.07. The highest BCUT2D eigenvalue weighted by molar-refractivity contribution is 6.06. The van der Waals surface area contributed by atoms with E-state index in [0.717, 1.165) is 23.4 Å². The zero-order valence-electron chi connectivity index (χ0n) is 11.9. The van der Waals surface area contributed by atoms with E-state index in [1.165, 1.54) is 5.56 Å². The number of carbonyl (C=O) groups is 1. The molecule has 2 aromatic heterocycles. The fourth-order valence-corrected chi connectivity index (χ4v) is 2.80. The van der Waals surface area contributed by atoms with Gasteiger partial charge in [0, 0.05) is 30.2 Å². The molecule has 1 N–H and O–H groups in total. The van der Waals surface area contributed by atoms with Crippen LogP contribution in [-0.2, 0) is 6.42 Å². The Morgan fingerprint density at radius 3 is 2.82 bits per heavy atom. The lowest BCUT2D eigenvalue weighted by molar-refractivity contribution is 0.0984. The van der Waals surface area contributed by atoms with Crippen molar-refractivity contribution in [2.24, 2.45) is 0 Å². The van der Waals surface area contributed by atoms with E-state index in [0.29, 0.717) is 12.2 Å². The van der Waals surface area contributed by atoms with Crippen LogP contribution in [-0.4, -0.2) is 27.6 Å². The molecule has 0 radical (unpaired) electrons. The minimum atomic E-state index is -0.0437. The van der Waals surface area contributed by atoms with Gasteiger partial charge in [0.25, 0.3) is 5.91 Å². The second-order valence-electron chi connectivity index (χ2n) is 5.24. The van der Waals surface area contributed by atoms with Gasteiger partial charge in [0.15, 0.2) is 0 Å². The second kappa shape index (κ2) is 5.11. The van der Waals surface area contributed by atoms with E-state index in [1.54, 1.807) is 23.4 Å². The van der Waals surface area contributed by atoms with Crippen LogP contribution in [0, 0.1) is 0 Å². The average molecular weight is 290 g/mol. The van der Waals surface area contributed by atoms with Gasteiger partial charge in [-0.2, -0.15) is 5.10 Å². The smallest absolute Gasteiger partial charge is 0.276 e. The van der Waals surface area contributed by atoms with E-state index in [1.807, 2.05) is 30.3 Å². The van der Waals surface area contributed by atoms with Crippen LogP contribution in [0.25, 0.3) is 11.3 Å². The van der Waals surface area contributed by atoms with Gasteiger partial charge in [-0.05, 0) is 36.2 Å². The van der Waals surface area contributed by atoms with E-state index in [-0.39, 0.29) is 5.91 Å². The topological polar surface area (TPSA) is 61.9 Å². The molecular weight excluding hydrogens is 276 g/mol. The summed E-state index contributed by atoms with van der Waals surface area (Å²) in [6, 6.07) is 13.5. The van der Waals surface area contributed by atoms with Crippen LogP contribution >= 0.6 is 0 Å². The molecule has 1 aliphatic heterocycles. The molecule has 1 aromatic carbocycles. The minimum Gasteiger partial charge on any atom is -0.306 e. The summed E-state index contributed by atoms with van der Waals surface area (Å²) in [7, 11) is 0. The Bertz CT molecular complexity index is 825. The largest absolute Gasteiger partial charge is 0.306 e. The molecule has 108 valence electrons. The predicted octanol–water partition coefficient (Wildman–Crippen LogP) is 2.67. The molecule has 0 saturated heterocycles. The summed E-state index contributed by atoms with van der Waals surface area (Å²) in [6.07, 6.45) is 4.32. The van der Waals surface area contributed by atoms with E-state index in [2.05, 4.69) is 21.2 Å². The molecule has 0 atom stereocenters. The number of carbonyl (C=O) groups excluding carboxylic acids is 1. The minimum absolute atomic E-state index is 0.0437. The summed E-state index contributed by atoms with van der Waals surface area (Å²) in [4.78, 5) is 18.5. The van der Waals surface area contributed by atoms with Crippen LogP contribution < -0.4 is 4.90 Å². The number of hydrogen-bond acceptors (Lipinski definition) is 3. The van der Waals surface area contributed by atoms with Crippen LogP contribution in [0.1, 0.15) is 16.1 Å². The van der Waals surface area contributed by atoms with Crippen LogP contribution in [0.15, 0.2) is 54.9 Å². The Morgan fingerprint density at radius 2 is 1.95 bits per heavy atom. The maximum absolute atomic E-state index is 12.7. The maximum Gasteiger partial charge on any atom is 0.276 e. The third-order valence-corrected chi connectivity index (χ3v) is 3.92. The van der Waals surface area contributed by atoms with Gasteiger partial charge in [-0.1, -0.05) is 18.2 Å². The number of anilines is 1. The second-order valence-corrected chi connectivity index (χ2v) is 5.24. The highest BCUT2D eigenvalue weighted by atomic mass is 16.2. The first-order chi connectivity index (χ1) is 10.8. The number of hydrogen-bond donors (Lipinski definition) is 1. The number of H-pyrrole nitrogens is 1. The molecule has 1 aliphatic rings. The SMILES string of the molecule is O=C(c1cc(-c2ccncc2)n[nH]1)N1CCc2ccccc21. The molecule has 1 amide bonds. The van der Waals surface area contributed by atoms with Crippen molar-refractivity contribution in [2.45, 2.75) is 6.42 Å². The Kier molecular flexibility index (Phi) is 2.96. The number of nitrogens with one attached hydrogen (secondary N) is 1. The summed E-state index contributed by atoms with van der Waals surface area (Å²) in [5.74, 6) is -0.0437. The van der Waals surface area contributed by atoms with Crippen LogP contribution in [0.3, 0.4) is 0 Å². The van der Waals surface area contributed by atoms with E-state index < -0.39 is 0 Å². The number of aromatic nitrogens is 3. The first-order valence-electron chi connectivity index (χ1n) is 7.18. The lowest BCUT2D eigenvalue weighted by Gasteiger charge is -2.15. The third-order valence-electron chi connectivity index (χ3n) is 3.92. The molecular formula is C17H14N4O. The lowest BCUT2D eigenvalue weighted by atomic mass is 10.2. The van der Waals surface area contributed by atoms with Crippen molar-refractivity contribution >= 4 is 11.6 Å². The van der Waals surface area contributed by atoms with E-state index >= 15 is 0 Å². The predicted molar refractivity (Wildman–Crippen MR) is 83.6 cm³/mol. The van der Waals surface area contributed by atoms with E-state index in [4.69, 9.17) is 0 Å². The molecule has 0 fully saturated rings. The Balaban J connectivity index is 1.64.